The summed E-state index contributed by atoms with van der Waals surface area (Å²) in [5, 5.41) is 4.63. The number of hydrogen-bond donors (Lipinski definition) is 2. The highest BCUT2D eigenvalue weighted by molar-refractivity contribution is 6.03. The van der Waals surface area contributed by atoms with E-state index in [-0.39, 0.29) is 23.3 Å². The van der Waals surface area contributed by atoms with Crippen LogP contribution in [0.5, 0.6) is 0 Å². The molecular formula is C25H25F4N5O4. The van der Waals surface area contributed by atoms with Gasteiger partial charge < -0.3 is 24.7 Å². The number of aromatic nitrogens is 2. The van der Waals surface area contributed by atoms with Crippen molar-refractivity contribution >= 4 is 35.1 Å². The molecule has 13 heteroatoms. The molecule has 4 rings (SSSR count). The van der Waals surface area contributed by atoms with Gasteiger partial charge in [0.1, 0.15) is 11.6 Å². The van der Waals surface area contributed by atoms with Gasteiger partial charge in [0.25, 0.3) is 5.91 Å². The average molecular weight is 535 g/mol. The number of rotatable bonds is 8. The number of anilines is 4. The smallest absolute Gasteiger partial charge is 0.437 e. The number of pyridine rings is 1. The first kappa shape index (κ1) is 26.9. The van der Waals surface area contributed by atoms with Crippen LogP contribution in [0.15, 0.2) is 47.0 Å². The molecule has 1 fully saturated rings. The Labute approximate surface area is 215 Å². The van der Waals surface area contributed by atoms with E-state index < -0.39 is 35.4 Å². The second kappa shape index (κ2) is 11.5. The number of oxazole rings is 1. The lowest BCUT2D eigenvalue weighted by Crippen LogP contribution is -2.35. The number of carbonyl (C=O) groups excluding carboxylic acids is 2. The minimum atomic E-state index is -4.99. The van der Waals surface area contributed by atoms with Crippen LogP contribution in [-0.4, -0.2) is 41.5 Å². The largest absolute Gasteiger partial charge is 0.466 e. The molecule has 1 aliphatic heterocycles. The van der Waals surface area contributed by atoms with Crippen LogP contribution in [0, 0.1) is 11.7 Å². The summed E-state index contributed by atoms with van der Waals surface area (Å²) in [5.74, 6) is -2.36. The maximum Gasteiger partial charge on any atom is 0.437 e. The molecule has 38 heavy (non-hydrogen) atoms. The third kappa shape index (κ3) is 6.58. The average Bonchev–Trinajstić information content (AvgIpc) is 3.31. The zero-order chi connectivity index (χ0) is 27.3. The molecule has 0 aliphatic carbocycles. The number of hydrogen-bond acceptors (Lipinski definition) is 8. The fourth-order valence-electron chi connectivity index (χ4n) is 4.05. The summed E-state index contributed by atoms with van der Waals surface area (Å²) in [7, 11) is 0. The Morgan fingerprint density at radius 3 is 2.53 bits per heavy atom. The van der Waals surface area contributed by atoms with Crippen molar-refractivity contribution < 1.29 is 36.3 Å². The van der Waals surface area contributed by atoms with Gasteiger partial charge in [0.2, 0.25) is 5.76 Å². The van der Waals surface area contributed by atoms with Gasteiger partial charge >= 0.3 is 18.2 Å². The molecular weight excluding hydrogens is 510 g/mol. The van der Waals surface area contributed by atoms with Gasteiger partial charge in [-0.15, -0.1) is 0 Å². The van der Waals surface area contributed by atoms with Crippen molar-refractivity contribution in [1.29, 1.82) is 0 Å². The zero-order valence-electron chi connectivity index (χ0n) is 20.3. The molecule has 202 valence electrons. The lowest BCUT2D eigenvalue weighted by atomic mass is 9.93. The predicted octanol–water partition coefficient (Wildman–Crippen LogP) is 5.39. The number of amides is 1. The number of nitrogens with one attached hydrogen (secondary N) is 2. The van der Waals surface area contributed by atoms with E-state index >= 15 is 0 Å². The summed E-state index contributed by atoms with van der Waals surface area (Å²) < 4.78 is 64.5. The molecule has 0 bridgehead atoms. The van der Waals surface area contributed by atoms with Crippen molar-refractivity contribution in [2.24, 2.45) is 5.92 Å². The standard InChI is InChI=1S/C25H25F4N5O4/c1-2-37-20(35)13-15-9-11-34(12-10-15)19-8-7-16(14-30-19)31-23(36)21-22(25(27,28)29)33-24(38-21)32-18-6-4-3-5-17(18)26/h3-8,14-15H,2,9-13H2,1H3,(H,31,36)(H,32,33). The number of benzene rings is 1. The topological polar surface area (TPSA) is 110 Å². The highest BCUT2D eigenvalue weighted by atomic mass is 19.4. The van der Waals surface area contributed by atoms with Crippen LogP contribution in [-0.2, 0) is 15.7 Å². The Balaban J connectivity index is 1.40. The summed E-state index contributed by atoms with van der Waals surface area (Å²) in [6, 6.07) is 7.71. The molecule has 0 saturated carbocycles. The highest BCUT2D eigenvalue weighted by Gasteiger charge is 2.41. The fourth-order valence-corrected chi connectivity index (χ4v) is 4.05. The molecule has 0 radical (unpaired) electrons. The van der Waals surface area contributed by atoms with E-state index in [4.69, 9.17) is 9.15 Å². The monoisotopic (exact) mass is 535 g/mol. The highest BCUT2D eigenvalue weighted by Crippen LogP contribution is 2.34. The Kier molecular flexibility index (Phi) is 8.13. The van der Waals surface area contributed by atoms with Crippen LogP contribution in [0.2, 0.25) is 0 Å². The van der Waals surface area contributed by atoms with Crippen LogP contribution in [0.3, 0.4) is 0 Å². The number of alkyl halides is 3. The summed E-state index contributed by atoms with van der Waals surface area (Å²) in [6.07, 6.45) is -1.73. The Hall–Kier alpha value is -4.16. The summed E-state index contributed by atoms with van der Waals surface area (Å²) in [5.41, 5.74) is -1.58. The van der Waals surface area contributed by atoms with Gasteiger partial charge in [0.05, 0.1) is 24.2 Å². The molecule has 1 amide bonds. The maximum absolute atomic E-state index is 13.9. The van der Waals surface area contributed by atoms with E-state index in [9.17, 15) is 27.2 Å². The molecule has 0 unspecified atom stereocenters. The maximum atomic E-state index is 13.9. The number of para-hydroxylation sites is 1. The first-order chi connectivity index (χ1) is 18.1. The van der Waals surface area contributed by atoms with Crippen molar-refractivity contribution in [1.82, 2.24) is 9.97 Å². The first-order valence-corrected chi connectivity index (χ1v) is 11.9. The van der Waals surface area contributed by atoms with E-state index in [2.05, 4.69) is 20.6 Å². The van der Waals surface area contributed by atoms with Crippen LogP contribution in [0.4, 0.5) is 40.8 Å². The third-order valence-corrected chi connectivity index (χ3v) is 5.92. The lowest BCUT2D eigenvalue weighted by Gasteiger charge is -2.32. The van der Waals surface area contributed by atoms with Crippen molar-refractivity contribution in [2.45, 2.75) is 32.4 Å². The molecule has 3 heterocycles. The Morgan fingerprint density at radius 2 is 1.89 bits per heavy atom. The van der Waals surface area contributed by atoms with E-state index in [0.29, 0.717) is 31.9 Å². The van der Waals surface area contributed by atoms with Crippen molar-refractivity contribution in [3.05, 3.63) is 59.9 Å². The van der Waals surface area contributed by atoms with Crippen molar-refractivity contribution in [3.8, 4) is 0 Å². The fraction of sp³-hybridized carbons (Fsp3) is 0.360. The predicted molar refractivity (Wildman–Crippen MR) is 130 cm³/mol. The van der Waals surface area contributed by atoms with Gasteiger partial charge in [0, 0.05) is 19.5 Å². The molecule has 3 aromatic rings. The van der Waals surface area contributed by atoms with Crippen LogP contribution in [0.25, 0.3) is 0 Å². The molecule has 1 aromatic carbocycles. The number of esters is 1. The molecule has 1 saturated heterocycles. The molecule has 0 spiro atoms. The third-order valence-electron chi connectivity index (χ3n) is 5.92. The normalized spacial score (nSPS) is 14.3. The molecule has 2 N–H and O–H groups in total. The van der Waals surface area contributed by atoms with Crippen LogP contribution in [0.1, 0.15) is 42.4 Å². The zero-order valence-corrected chi connectivity index (χ0v) is 20.3. The van der Waals surface area contributed by atoms with Gasteiger partial charge in [-0.25, -0.2) is 9.37 Å². The molecule has 2 aromatic heterocycles. The summed E-state index contributed by atoms with van der Waals surface area (Å²) in [4.78, 5) is 34.0. The molecule has 0 atom stereocenters. The SMILES string of the molecule is CCOC(=O)CC1CCN(c2ccc(NC(=O)c3oc(Nc4ccccc4F)nc3C(F)(F)F)cn2)CC1. The van der Waals surface area contributed by atoms with Gasteiger partial charge in [0.15, 0.2) is 5.69 Å². The van der Waals surface area contributed by atoms with Gasteiger partial charge in [-0.2, -0.15) is 18.2 Å². The van der Waals surface area contributed by atoms with Crippen molar-refractivity contribution in [3.63, 3.8) is 0 Å². The second-order valence-electron chi connectivity index (χ2n) is 8.60. The Bertz CT molecular complexity index is 1270. The minimum absolute atomic E-state index is 0.143. The summed E-state index contributed by atoms with van der Waals surface area (Å²) in [6.45, 7) is 3.47. The van der Waals surface area contributed by atoms with E-state index in [1.165, 1.54) is 30.5 Å². The van der Waals surface area contributed by atoms with Crippen LogP contribution >= 0.6 is 0 Å². The number of nitrogens with zero attached hydrogens (tertiary/aromatic N) is 3. The van der Waals surface area contributed by atoms with Crippen molar-refractivity contribution in [2.75, 3.05) is 35.2 Å². The van der Waals surface area contributed by atoms with Gasteiger partial charge in [-0.1, -0.05) is 12.1 Å². The second-order valence-corrected chi connectivity index (χ2v) is 8.60. The van der Waals surface area contributed by atoms with E-state index in [1.807, 2.05) is 4.90 Å². The number of carbonyl (C=O) groups is 2. The first-order valence-electron chi connectivity index (χ1n) is 11.9. The lowest BCUT2D eigenvalue weighted by molar-refractivity contribution is -0.144. The number of piperidine rings is 1. The van der Waals surface area contributed by atoms with Crippen LogP contribution < -0.4 is 15.5 Å². The number of ether oxygens (including phenoxy) is 1. The molecule has 1 aliphatic rings. The molecule has 9 nitrogen and oxygen atoms in total. The van der Waals surface area contributed by atoms with Gasteiger partial charge in [-0.05, 0) is 49.9 Å². The number of halogens is 4. The Morgan fingerprint density at radius 1 is 1.16 bits per heavy atom. The summed E-state index contributed by atoms with van der Waals surface area (Å²) >= 11 is 0. The quantitative estimate of drug-likeness (QED) is 0.292. The minimum Gasteiger partial charge on any atom is -0.466 e. The van der Waals surface area contributed by atoms with E-state index in [1.54, 1.807) is 13.0 Å². The van der Waals surface area contributed by atoms with Gasteiger partial charge in [-0.3, -0.25) is 9.59 Å². The van der Waals surface area contributed by atoms with E-state index in [0.717, 1.165) is 18.9 Å².